The summed E-state index contributed by atoms with van der Waals surface area (Å²) < 4.78 is 4.42. The third-order valence-electron chi connectivity index (χ3n) is 2.55. The number of hydrogen-bond donors (Lipinski definition) is 6. The van der Waals surface area contributed by atoms with Gasteiger partial charge in [0, 0.05) is 166 Å². The van der Waals surface area contributed by atoms with Crippen molar-refractivity contribution in [3.8, 4) is 0 Å². The molecule has 36 heavy (non-hydrogen) atoms. The average molecular weight is 1430 g/mol. The van der Waals surface area contributed by atoms with Gasteiger partial charge in [-0.25, -0.2) is 13.2 Å². The molecule has 0 amide bonds. The number of aliphatic carboxylic acids is 2. The standard InChI is InChI=1S/2C5H9O4.C5H7O3.CH4.I3.I2.HI.3Y/c2*6-2-1-4(7)3-5(8)9;6-4-1-2-8-5(7)3-4;;1-3-2;1-2;;;;/h2*2,4,6-7H,1,3H2,(H,8,9);2,4,6H,1,3H2;1H4;;;1H;;;/q3*-1;;-1;;;;;/p-1. The first-order valence-corrected chi connectivity index (χ1v) is 26.8. The molecule has 0 aromatic rings. The second kappa shape index (κ2) is 53.5. The van der Waals surface area contributed by atoms with Gasteiger partial charge >= 0.3 is 56.5 Å². The normalized spacial score (nSPS) is 13.9. The summed E-state index contributed by atoms with van der Waals surface area (Å²) in [5.74, 6) is -2.72. The van der Waals surface area contributed by atoms with E-state index >= 15 is 0 Å². The van der Waals surface area contributed by atoms with Gasteiger partial charge < -0.3 is 45.3 Å². The second-order valence-corrected chi connectivity index (χ2v) is 21.4. The minimum atomic E-state index is -1.32. The largest absolute Gasteiger partial charge is 0.637 e. The van der Waals surface area contributed by atoms with E-state index in [1.165, 1.54) is 6.61 Å². The van der Waals surface area contributed by atoms with Gasteiger partial charge in [0.25, 0.3) is 5.97 Å². The molecule has 0 saturated carbocycles. The van der Waals surface area contributed by atoms with E-state index < -0.39 is 36.7 Å². The SMILES string of the molecule is C.I.II.I[I-]I.O=C(O)CC(O)C[CH-]O.O=C([O-])CC(O)C[CH-]O.O=C1CC(O)C[CH-]O1.[Y].[Y].[Y]. The van der Waals surface area contributed by atoms with Crippen LogP contribution in [-0.4, -0.2) is 66.9 Å². The summed E-state index contributed by atoms with van der Waals surface area (Å²) in [6.07, 6.45) is -2.69. The summed E-state index contributed by atoms with van der Waals surface area (Å²) in [6.45, 7) is 2.79. The maximum atomic E-state index is 10.3. The predicted octanol–water partition coefficient (Wildman–Crippen LogP) is -0.202. The third kappa shape index (κ3) is 67.5. The third-order valence-corrected chi connectivity index (χ3v) is 2.55. The van der Waals surface area contributed by atoms with Gasteiger partial charge in [0.15, 0.2) is 0 Å². The van der Waals surface area contributed by atoms with Crippen LogP contribution < -0.4 is 18.4 Å². The Labute approximate surface area is 358 Å². The molecule has 1 aliphatic heterocycles. The first-order chi connectivity index (χ1) is 14.5. The Balaban J connectivity index is -0.0000000373. The van der Waals surface area contributed by atoms with E-state index in [1.807, 2.05) is 0 Å². The van der Waals surface area contributed by atoms with Crippen molar-refractivity contribution < 1.29 is 166 Å². The fraction of sp³-hybridized carbons (Fsp3) is 0.625. The molecule has 0 aromatic carbocycles. The van der Waals surface area contributed by atoms with Gasteiger partial charge in [-0.3, -0.25) is 9.59 Å². The van der Waals surface area contributed by atoms with Gasteiger partial charge in [-0.15, -0.1) is 43.2 Å². The van der Waals surface area contributed by atoms with Crippen LogP contribution in [0, 0.1) is 19.8 Å². The Kier molecular flexibility index (Phi) is 96.2. The zero-order chi connectivity index (χ0) is 25.2. The molecule has 1 fully saturated rings. The van der Waals surface area contributed by atoms with Gasteiger partial charge in [-0.1, -0.05) is 7.43 Å². The molecule has 215 valence electrons. The van der Waals surface area contributed by atoms with Crippen molar-refractivity contribution in [1.29, 1.82) is 0 Å². The molecule has 0 aromatic heterocycles. The smallest absolute Gasteiger partial charge is 0.305 e. The Hall–Kier alpha value is 5.90. The van der Waals surface area contributed by atoms with Crippen molar-refractivity contribution in [2.24, 2.45) is 0 Å². The fourth-order valence-corrected chi connectivity index (χ4v) is 1.38. The van der Waals surface area contributed by atoms with Crippen molar-refractivity contribution in [3.63, 3.8) is 0 Å². The number of cyclic esters (lactones) is 1. The molecule has 3 atom stereocenters. The monoisotopic (exact) mass is 1430 g/mol. The van der Waals surface area contributed by atoms with E-state index in [1.54, 1.807) is 0 Å². The Bertz CT molecular complexity index is 427. The molecule has 3 unspecified atom stereocenters. The van der Waals surface area contributed by atoms with Crippen LogP contribution in [0.25, 0.3) is 0 Å². The molecule has 0 spiro atoms. The average Bonchev–Trinajstić information content (AvgIpc) is 2.64. The quantitative estimate of drug-likeness (QED) is 0.107. The van der Waals surface area contributed by atoms with E-state index in [4.69, 9.17) is 30.6 Å². The van der Waals surface area contributed by atoms with Crippen molar-refractivity contribution in [2.45, 2.75) is 64.3 Å². The van der Waals surface area contributed by atoms with Crippen molar-refractivity contribution in [3.05, 3.63) is 19.8 Å². The minimum Gasteiger partial charge on any atom is -0.637 e. The topological polar surface area (TPSA) is 205 Å². The van der Waals surface area contributed by atoms with Crippen molar-refractivity contribution in [1.82, 2.24) is 0 Å². The second-order valence-electron chi connectivity index (χ2n) is 5.12. The number of carbonyl (C=O) groups excluding carboxylic acids is 2. The molecular weight excluding hydrogens is 1400 g/mol. The van der Waals surface area contributed by atoms with E-state index in [2.05, 4.69) is 79.2 Å². The number of esters is 1. The maximum absolute atomic E-state index is 10.3. The summed E-state index contributed by atoms with van der Waals surface area (Å²) in [6, 6.07) is 0. The zero-order valence-electron chi connectivity index (χ0n) is 18.0. The number of aliphatic hydroxyl groups excluding tert-OH is 5. The molecule has 0 bridgehead atoms. The Morgan fingerprint density at radius 3 is 1.67 bits per heavy atom. The number of hydrogen-bond acceptors (Lipinski definition) is 10. The summed E-state index contributed by atoms with van der Waals surface area (Å²) in [4.78, 5) is 29.8. The van der Waals surface area contributed by atoms with E-state index in [9.17, 15) is 19.5 Å². The van der Waals surface area contributed by atoms with Gasteiger partial charge in [0.05, 0.1) is 12.8 Å². The molecule has 20 heteroatoms. The van der Waals surface area contributed by atoms with E-state index in [-0.39, 0.29) is 161 Å². The van der Waals surface area contributed by atoms with Crippen molar-refractivity contribution in [2.75, 3.05) is 0 Å². The van der Waals surface area contributed by atoms with Crippen molar-refractivity contribution >= 4 is 116 Å². The minimum absolute atomic E-state index is 0. The van der Waals surface area contributed by atoms with Crippen LogP contribution in [-0.2, 0) is 117 Å². The molecule has 0 aliphatic carbocycles. The van der Waals surface area contributed by atoms with Gasteiger partial charge in [0.1, 0.15) is 0 Å². The van der Waals surface area contributed by atoms with Gasteiger partial charge in [-0.05, 0) is 0 Å². The molecule has 1 heterocycles. The van der Waals surface area contributed by atoms with Crippen LogP contribution in [0.5, 0.6) is 0 Å². The van der Waals surface area contributed by atoms with E-state index in [0.29, 0.717) is 26.3 Å². The number of aliphatic hydroxyl groups is 5. The fourth-order valence-electron chi connectivity index (χ4n) is 1.38. The predicted molar refractivity (Wildman–Crippen MR) is 159 cm³/mol. The Morgan fingerprint density at radius 2 is 1.44 bits per heavy atom. The first-order valence-electron chi connectivity index (χ1n) is 7.93. The number of carbonyl (C=O) groups is 3. The molecule has 6 N–H and O–H groups in total. The number of carboxylic acid groups (broad SMARTS) is 2. The summed E-state index contributed by atoms with van der Waals surface area (Å²) in [5, 5.41) is 59.9. The number of halogens is 6. The van der Waals surface area contributed by atoms with Crippen LogP contribution in [0.4, 0.5) is 0 Å². The number of ether oxygens (including phenoxy) is 1. The molecular formula is C16H29I6O11Y3-5. The van der Waals surface area contributed by atoms with Crippen LogP contribution >= 0.6 is 98.4 Å². The summed E-state index contributed by atoms with van der Waals surface area (Å²) >= 11 is 9.54. The summed E-state index contributed by atoms with van der Waals surface area (Å²) in [7, 11) is 0. The van der Waals surface area contributed by atoms with Gasteiger partial charge in [0.2, 0.25) is 0 Å². The number of rotatable bonds is 8. The maximum Gasteiger partial charge on any atom is 0.305 e. The molecule has 3 radical (unpaired) electrons. The molecule has 11 nitrogen and oxygen atoms in total. The van der Waals surface area contributed by atoms with Gasteiger partial charge in [-0.2, -0.15) is 6.61 Å². The first kappa shape index (κ1) is 64.8. The number of carboxylic acids is 2. The van der Waals surface area contributed by atoms with Crippen LogP contribution in [0.15, 0.2) is 0 Å². The Morgan fingerprint density at radius 1 is 1.08 bits per heavy atom. The molecule has 1 rings (SSSR count). The van der Waals surface area contributed by atoms with Crippen LogP contribution in [0.3, 0.4) is 0 Å². The molecule has 1 aliphatic rings. The van der Waals surface area contributed by atoms with Crippen LogP contribution in [0.2, 0.25) is 0 Å². The van der Waals surface area contributed by atoms with Crippen LogP contribution in [0.1, 0.15) is 46.0 Å². The van der Waals surface area contributed by atoms with E-state index in [0.717, 1.165) is 6.61 Å². The molecule has 1 saturated heterocycles. The summed E-state index contributed by atoms with van der Waals surface area (Å²) in [5.41, 5.74) is 0. The zero-order valence-corrected chi connectivity index (χ0v) is 39.6.